The quantitative estimate of drug-likeness (QED) is 0.494. The molecule has 0 unspecified atom stereocenters. The Morgan fingerprint density at radius 2 is 1.38 bits per heavy atom. The van der Waals surface area contributed by atoms with E-state index in [2.05, 4.69) is 74.5 Å². The molecule has 4 rings (SSSR count). The van der Waals surface area contributed by atoms with Crippen molar-refractivity contribution in [2.75, 3.05) is 0 Å². The van der Waals surface area contributed by atoms with Crippen LogP contribution in [0.15, 0.2) is 60.7 Å². The molecule has 0 amide bonds. The van der Waals surface area contributed by atoms with E-state index in [0.717, 1.165) is 40.8 Å². The Hall–Kier alpha value is -2.74. The second-order valence-electron chi connectivity index (χ2n) is 6.14. The number of nitrogens with zero attached hydrogens (tertiary/aromatic N) is 2. The third-order valence-electron chi connectivity index (χ3n) is 4.57. The molecule has 0 aliphatic heterocycles. The molecule has 24 heavy (non-hydrogen) atoms. The van der Waals surface area contributed by atoms with Crippen LogP contribution in [0.2, 0.25) is 0 Å². The van der Waals surface area contributed by atoms with E-state index >= 15 is 0 Å². The van der Waals surface area contributed by atoms with Crippen LogP contribution < -0.4 is 0 Å². The summed E-state index contributed by atoms with van der Waals surface area (Å²) < 4.78 is 0. The summed E-state index contributed by atoms with van der Waals surface area (Å²) in [6.07, 6.45) is 1.98. The molecule has 2 aromatic carbocycles. The van der Waals surface area contributed by atoms with Crippen LogP contribution in [-0.4, -0.2) is 9.97 Å². The largest absolute Gasteiger partial charge is 0.253 e. The summed E-state index contributed by atoms with van der Waals surface area (Å²) in [6, 6.07) is 21.4. The Balaban J connectivity index is 1.84. The predicted molar refractivity (Wildman–Crippen MR) is 101 cm³/mol. The van der Waals surface area contributed by atoms with E-state index in [1.165, 1.54) is 16.3 Å². The Morgan fingerprint density at radius 3 is 2.17 bits per heavy atom. The van der Waals surface area contributed by atoms with Crippen LogP contribution >= 0.6 is 0 Å². The van der Waals surface area contributed by atoms with Gasteiger partial charge in [0.25, 0.3) is 0 Å². The third-order valence-corrected chi connectivity index (χ3v) is 4.57. The second-order valence-corrected chi connectivity index (χ2v) is 6.14. The van der Waals surface area contributed by atoms with E-state index in [1.807, 2.05) is 0 Å². The molecule has 118 valence electrons. The maximum absolute atomic E-state index is 4.88. The van der Waals surface area contributed by atoms with Crippen molar-refractivity contribution < 1.29 is 0 Å². The highest BCUT2D eigenvalue weighted by Gasteiger charge is 2.05. The van der Waals surface area contributed by atoms with Crippen LogP contribution in [0.4, 0.5) is 0 Å². The minimum Gasteiger partial charge on any atom is -0.253 e. The van der Waals surface area contributed by atoms with Crippen molar-refractivity contribution in [3.8, 4) is 11.3 Å². The number of benzene rings is 2. The molecule has 0 atom stereocenters. The van der Waals surface area contributed by atoms with Crippen molar-refractivity contribution in [1.82, 2.24) is 9.97 Å². The minimum atomic E-state index is 0.953. The van der Waals surface area contributed by atoms with Crippen LogP contribution in [0.5, 0.6) is 0 Å². The lowest BCUT2D eigenvalue weighted by Crippen LogP contribution is -1.90. The maximum Gasteiger partial charge on any atom is 0.0712 e. The van der Waals surface area contributed by atoms with Crippen LogP contribution in [0.1, 0.15) is 25.1 Å². The van der Waals surface area contributed by atoms with Gasteiger partial charge in [-0.25, -0.2) is 4.98 Å². The van der Waals surface area contributed by atoms with Crippen molar-refractivity contribution in [3.05, 3.63) is 71.9 Å². The molecule has 0 spiro atoms. The molecule has 0 bridgehead atoms. The van der Waals surface area contributed by atoms with Crippen molar-refractivity contribution in [2.45, 2.75) is 26.7 Å². The Labute approximate surface area is 142 Å². The number of aryl methyl sites for hydroxylation is 2. The molecule has 4 aromatic rings. The minimum absolute atomic E-state index is 0.953. The zero-order valence-electron chi connectivity index (χ0n) is 14.1. The maximum atomic E-state index is 4.88. The first kappa shape index (κ1) is 14.8. The lowest BCUT2D eigenvalue weighted by molar-refractivity contribution is 1.06. The van der Waals surface area contributed by atoms with E-state index in [4.69, 9.17) is 9.97 Å². The van der Waals surface area contributed by atoms with Crippen molar-refractivity contribution >= 4 is 21.8 Å². The highest BCUT2D eigenvalue weighted by molar-refractivity contribution is 5.86. The fraction of sp³-hybridized carbons (Fsp3) is 0.182. The molecule has 2 heteroatoms. The molecule has 2 heterocycles. The number of fused-ring (bicyclic) bond motifs is 2. The van der Waals surface area contributed by atoms with Gasteiger partial charge in [-0.2, -0.15) is 0 Å². The van der Waals surface area contributed by atoms with Gasteiger partial charge < -0.3 is 0 Å². The molecular weight excluding hydrogens is 292 g/mol. The van der Waals surface area contributed by atoms with Gasteiger partial charge in [-0.15, -0.1) is 0 Å². The topological polar surface area (TPSA) is 25.8 Å². The normalized spacial score (nSPS) is 11.2. The van der Waals surface area contributed by atoms with Crippen LogP contribution in [-0.2, 0) is 12.8 Å². The number of pyridine rings is 2. The van der Waals surface area contributed by atoms with Gasteiger partial charge in [0.2, 0.25) is 0 Å². The lowest BCUT2D eigenvalue weighted by atomic mass is 10.1. The number of hydrogen-bond donors (Lipinski definition) is 0. The van der Waals surface area contributed by atoms with Crippen LogP contribution in [0, 0.1) is 0 Å². The first-order valence-corrected chi connectivity index (χ1v) is 8.56. The van der Waals surface area contributed by atoms with Gasteiger partial charge >= 0.3 is 0 Å². The molecule has 0 saturated carbocycles. The zero-order chi connectivity index (χ0) is 16.5. The summed E-state index contributed by atoms with van der Waals surface area (Å²) in [4.78, 5) is 9.62. The first-order valence-electron chi connectivity index (χ1n) is 8.56. The molecule has 0 aliphatic rings. The standard InChI is InChI=1S/C22H20N2/c1-3-15-5-6-16-10-12-20(24-21(16)13-15)18-8-7-17-9-11-19(4-2)23-22(17)14-18/h5-14H,3-4H2,1-2H3. The lowest BCUT2D eigenvalue weighted by Gasteiger charge is -2.07. The van der Waals surface area contributed by atoms with E-state index < -0.39 is 0 Å². The average molecular weight is 312 g/mol. The summed E-state index contributed by atoms with van der Waals surface area (Å²) in [5.74, 6) is 0. The molecule has 0 radical (unpaired) electrons. The van der Waals surface area contributed by atoms with E-state index in [-0.39, 0.29) is 0 Å². The highest BCUT2D eigenvalue weighted by Crippen LogP contribution is 2.25. The van der Waals surface area contributed by atoms with Gasteiger partial charge in [0.05, 0.1) is 16.7 Å². The molecule has 0 aliphatic carbocycles. The predicted octanol–water partition coefficient (Wildman–Crippen LogP) is 5.57. The summed E-state index contributed by atoms with van der Waals surface area (Å²) in [6.45, 7) is 4.31. The smallest absolute Gasteiger partial charge is 0.0712 e. The van der Waals surface area contributed by atoms with Gasteiger partial charge in [-0.3, -0.25) is 4.98 Å². The van der Waals surface area contributed by atoms with Crippen molar-refractivity contribution in [3.63, 3.8) is 0 Å². The number of rotatable bonds is 3. The average Bonchev–Trinajstić information content (AvgIpc) is 2.66. The van der Waals surface area contributed by atoms with E-state index in [1.54, 1.807) is 0 Å². The van der Waals surface area contributed by atoms with Gasteiger partial charge in [-0.05, 0) is 42.7 Å². The summed E-state index contributed by atoms with van der Waals surface area (Å²) in [7, 11) is 0. The monoisotopic (exact) mass is 312 g/mol. The van der Waals surface area contributed by atoms with Gasteiger partial charge in [0.15, 0.2) is 0 Å². The van der Waals surface area contributed by atoms with Gasteiger partial charge in [0, 0.05) is 22.0 Å². The highest BCUT2D eigenvalue weighted by atomic mass is 14.7. The molecule has 2 aromatic heterocycles. The molecule has 0 fully saturated rings. The Bertz CT molecular complexity index is 949. The molecule has 0 saturated heterocycles. The van der Waals surface area contributed by atoms with E-state index in [9.17, 15) is 0 Å². The Morgan fingerprint density at radius 1 is 0.667 bits per heavy atom. The Kier molecular flexibility index (Phi) is 3.73. The zero-order valence-corrected chi connectivity index (χ0v) is 14.1. The van der Waals surface area contributed by atoms with Gasteiger partial charge in [-0.1, -0.05) is 50.2 Å². The summed E-state index contributed by atoms with van der Waals surface area (Å²) in [5.41, 5.74) is 6.66. The van der Waals surface area contributed by atoms with Crippen LogP contribution in [0.25, 0.3) is 33.1 Å². The van der Waals surface area contributed by atoms with Crippen LogP contribution in [0.3, 0.4) is 0 Å². The first-order chi connectivity index (χ1) is 11.8. The summed E-state index contributed by atoms with van der Waals surface area (Å²) in [5, 5.41) is 2.35. The fourth-order valence-electron chi connectivity index (χ4n) is 3.06. The third kappa shape index (κ3) is 2.65. The molecular formula is C22H20N2. The number of aromatic nitrogens is 2. The molecule has 0 N–H and O–H groups in total. The van der Waals surface area contributed by atoms with Gasteiger partial charge in [0.1, 0.15) is 0 Å². The van der Waals surface area contributed by atoms with E-state index in [0.29, 0.717) is 0 Å². The molecule has 2 nitrogen and oxygen atoms in total. The number of hydrogen-bond acceptors (Lipinski definition) is 2. The van der Waals surface area contributed by atoms with Crippen molar-refractivity contribution in [1.29, 1.82) is 0 Å². The van der Waals surface area contributed by atoms with Crippen molar-refractivity contribution in [2.24, 2.45) is 0 Å². The summed E-state index contributed by atoms with van der Waals surface area (Å²) >= 11 is 0. The SMILES string of the molecule is CCc1ccc2ccc(-c3ccc4ccc(CC)nc4c3)nc2c1. The fourth-order valence-corrected chi connectivity index (χ4v) is 3.06. The second kappa shape index (κ2) is 6.04.